The SMILES string of the molecule is C=CCOc1ccc2c(c1)C(C(C#N)(CCC#N)C1=CCc3ccc(OCC=C)cc31)=CC2. The summed E-state index contributed by atoms with van der Waals surface area (Å²) in [7, 11) is 0. The van der Waals surface area contributed by atoms with Gasteiger partial charge in [-0.3, -0.25) is 0 Å². The average Bonchev–Trinajstić information content (AvgIpc) is 3.47. The molecule has 0 bridgehead atoms. The maximum absolute atomic E-state index is 10.7. The molecule has 4 rings (SSSR count). The number of ether oxygens (including phenoxy) is 2. The van der Waals surface area contributed by atoms with Gasteiger partial charge < -0.3 is 9.47 Å². The van der Waals surface area contributed by atoms with E-state index in [2.05, 4.69) is 49.6 Å². The smallest absolute Gasteiger partial charge is 0.120 e. The van der Waals surface area contributed by atoms with Crippen LogP contribution in [0.15, 0.2) is 73.9 Å². The van der Waals surface area contributed by atoms with Gasteiger partial charge in [0.2, 0.25) is 0 Å². The summed E-state index contributed by atoms with van der Waals surface area (Å²) in [6, 6.07) is 16.9. The first-order chi connectivity index (χ1) is 16.2. The highest BCUT2D eigenvalue weighted by Gasteiger charge is 2.43. The summed E-state index contributed by atoms with van der Waals surface area (Å²) in [5.74, 6) is 1.49. The van der Waals surface area contributed by atoms with Crippen LogP contribution in [0.3, 0.4) is 0 Å². The van der Waals surface area contributed by atoms with Crippen molar-refractivity contribution in [2.75, 3.05) is 13.2 Å². The second-order valence-electron chi connectivity index (χ2n) is 8.16. The highest BCUT2D eigenvalue weighted by Crippen LogP contribution is 2.54. The molecule has 0 spiro atoms. The van der Waals surface area contributed by atoms with Crippen LogP contribution < -0.4 is 9.47 Å². The second kappa shape index (κ2) is 9.63. The fourth-order valence-electron chi connectivity index (χ4n) is 4.74. The van der Waals surface area contributed by atoms with E-state index in [-0.39, 0.29) is 6.42 Å². The number of nitrogens with zero attached hydrogens (tertiary/aromatic N) is 2. The van der Waals surface area contributed by atoms with Gasteiger partial charge in [-0.2, -0.15) is 10.5 Å². The predicted octanol–water partition coefficient (Wildman–Crippen LogP) is 6.21. The second-order valence-corrected chi connectivity index (χ2v) is 8.16. The fraction of sp³-hybridized carbons (Fsp3) is 0.241. The molecule has 2 aliphatic rings. The van der Waals surface area contributed by atoms with Gasteiger partial charge in [-0.05, 0) is 76.9 Å². The minimum Gasteiger partial charge on any atom is -0.490 e. The van der Waals surface area contributed by atoms with Crippen LogP contribution in [0.25, 0.3) is 11.1 Å². The molecule has 0 saturated carbocycles. The zero-order chi connectivity index (χ0) is 23.3. The molecule has 0 unspecified atom stereocenters. The zero-order valence-electron chi connectivity index (χ0n) is 18.6. The summed E-state index contributed by atoms with van der Waals surface area (Å²) >= 11 is 0. The Morgan fingerprint density at radius 1 is 0.848 bits per heavy atom. The van der Waals surface area contributed by atoms with Crippen LogP contribution in [0.5, 0.6) is 11.5 Å². The lowest BCUT2D eigenvalue weighted by atomic mass is 9.68. The van der Waals surface area contributed by atoms with E-state index < -0.39 is 5.41 Å². The summed E-state index contributed by atoms with van der Waals surface area (Å²) in [6.07, 6.45) is 9.92. The fourth-order valence-corrected chi connectivity index (χ4v) is 4.74. The van der Waals surface area contributed by atoms with Gasteiger partial charge in [-0.15, -0.1) is 0 Å². The van der Waals surface area contributed by atoms with Crippen LogP contribution in [0.1, 0.15) is 35.1 Å². The summed E-state index contributed by atoms with van der Waals surface area (Å²) < 4.78 is 11.5. The van der Waals surface area contributed by atoms with Crippen LogP contribution >= 0.6 is 0 Å². The lowest BCUT2D eigenvalue weighted by molar-refractivity contribution is 0.363. The standard InChI is InChI=1S/C29H26N2O2/c1-3-16-32-23-10-6-21-8-12-27(25(21)18-23)29(20-31,14-5-15-30)28-13-9-22-7-11-24(19-26(22)28)33-17-4-2/h3-4,6-7,10-13,18-19H,1-2,5,8-9,14,16-17H2. The Morgan fingerprint density at radius 2 is 1.36 bits per heavy atom. The largest absolute Gasteiger partial charge is 0.490 e. The molecule has 0 aliphatic heterocycles. The van der Waals surface area contributed by atoms with Crippen molar-refractivity contribution in [1.82, 2.24) is 0 Å². The molecule has 0 aromatic heterocycles. The third-order valence-electron chi connectivity index (χ3n) is 6.25. The maximum Gasteiger partial charge on any atom is 0.120 e. The van der Waals surface area contributed by atoms with Crippen molar-refractivity contribution in [1.29, 1.82) is 10.5 Å². The highest BCUT2D eigenvalue weighted by atomic mass is 16.5. The van der Waals surface area contributed by atoms with Crippen molar-refractivity contribution >= 4 is 11.1 Å². The average molecular weight is 435 g/mol. The monoisotopic (exact) mass is 434 g/mol. The van der Waals surface area contributed by atoms with E-state index in [1.165, 1.54) is 0 Å². The van der Waals surface area contributed by atoms with E-state index in [1.54, 1.807) is 12.2 Å². The molecular formula is C29H26N2O2. The number of nitriles is 2. The minimum absolute atomic E-state index is 0.284. The number of benzene rings is 2. The van der Waals surface area contributed by atoms with E-state index >= 15 is 0 Å². The van der Waals surface area contributed by atoms with Crippen molar-refractivity contribution < 1.29 is 9.47 Å². The van der Waals surface area contributed by atoms with Crippen molar-refractivity contribution in [2.45, 2.75) is 25.7 Å². The van der Waals surface area contributed by atoms with E-state index in [1.807, 2.05) is 24.3 Å². The Balaban J connectivity index is 1.80. The molecule has 4 nitrogen and oxygen atoms in total. The topological polar surface area (TPSA) is 66.0 Å². The number of hydrogen-bond acceptors (Lipinski definition) is 4. The normalized spacial score (nSPS) is 13.6. The molecule has 0 saturated heterocycles. The molecule has 0 N–H and O–H groups in total. The molecule has 164 valence electrons. The van der Waals surface area contributed by atoms with Crippen molar-refractivity contribution in [3.05, 3.63) is 96.1 Å². The first-order valence-electron chi connectivity index (χ1n) is 11.1. The quantitative estimate of drug-likeness (QED) is 0.417. The third-order valence-corrected chi connectivity index (χ3v) is 6.25. The highest BCUT2D eigenvalue weighted by molar-refractivity contribution is 5.94. The van der Waals surface area contributed by atoms with Gasteiger partial charge in [0.25, 0.3) is 0 Å². The van der Waals surface area contributed by atoms with Gasteiger partial charge in [0.1, 0.15) is 30.1 Å². The van der Waals surface area contributed by atoms with Crippen molar-refractivity contribution in [3.63, 3.8) is 0 Å². The Morgan fingerprint density at radius 3 is 1.79 bits per heavy atom. The number of allylic oxidation sites excluding steroid dienone is 4. The number of hydrogen-bond donors (Lipinski definition) is 0. The van der Waals surface area contributed by atoms with Crippen LogP contribution in [-0.4, -0.2) is 13.2 Å². The van der Waals surface area contributed by atoms with Gasteiger partial charge in [-0.1, -0.05) is 49.6 Å². The summed E-state index contributed by atoms with van der Waals surface area (Å²) in [5.41, 5.74) is 5.34. The van der Waals surface area contributed by atoms with Crippen molar-refractivity contribution in [2.24, 2.45) is 5.41 Å². The Labute approximate surface area is 195 Å². The molecule has 4 heteroatoms. The molecule has 0 fully saturated rings. The molecule has 0 heterocycles. The van der Waals surface area contributed by atoms with E-state index in [4.69, 9.17) is 9.47 Å². The summed E-state index contributed by atoms with van der Waals surface area (Å²) in [5, 5.41) is 20.1. The third kappa shape index (κ3) is 4.09. The first kappa shape index (κ1) is 22.2. The summed E-state index contributed by atoms with van der Waals surface area (Å²) in [6.45, 7) is 8.27. The van der Waals surface area contributed by atoms with Gasteiger partial charge >= 0.3 is 0 Å². The van der Waals surface area contributed by atoms with Gasteiger partial charge in [0.05, 0.1) is 12.1 Å². The van der Waals surface area contributed by atoms with E-state index in [9.17, 15) is 10.5 Å². The van der Waals surface area contributed by atoms with Gasteiger partial charge in [0, 0.05) is 6.42 Å². The minimum atomic E-state index is -0.930. The first-order valence-corrected chi connectivity index (χ1v) is 11.1. The van der Waals surface area contributed by atoms with Crippen LogP contribution in [-0.2, 0) is 12.8 Å². The summed E-state index contributed by atoms with van der Waals surface area (Å²) in [4.78, 5) is 0. The molecule has 0 amide bonds. The molecule has 33 heavy (non-hydrogen) atoms. The Hall–Kier alpha value is -4.02. The van der Waals surface area contributed by atoms with Gasteiger partial charge in [0.15, 0.2) is 0 Å². The van der Waals surface area contributed by atoms with E-state index in [0.717, 1.165) is 57.7 Å². The maximum atomic E-state index is 10.7. The van der Waals surface area contributed by atoms with E-state index in [0.29, 0.717) is 19.6 Å². The molecule has 2 aliphatic carbocycles. The molecule has 0 atom stereocenters. The molecule has 2 aromatic rings. The van der Waals surface area contributed by atoms with Gasteiger partial charge in [-0.25, -0.2) is 0 Å². The van der Waals surface area contributed by atoms with Crippen LogP contribution in [0.4, 0.5) is 0 Å². The predicted molar refractivity (Wildman–Crippen MR) is 131 cm³/mol. The zero-order valence-corrected chi connectivity index (χ0v) is 18.6. The van der Waals surface area contributed by atoms with Crippen molar-refractivity contribution in [3.8, 4) is 23.6 Å². The number of rotatable bonds is 10. The van der Waals surface area contributed by atoms with Crippen LogP contribution in [0, 0.1) is 28.1 Å². The van der Waals surface area contributed by atoms with Crippen LogP contribution in [0.2, 0.25) is 0 Å². The lowest BCUT2D eigenvalue weighted by Crippen LogP contribution is -2.22. The Bertz CT molecular complexity index is 1160. The lowest BCUT2D eigenvalue weighted by Gasteiger charge is -2.31. The molecule has 2 aromatic carbocycles. The molecular weight excluding hydrogens is 408 g/mol. The molecule has 0 radical (unpaired) electrons. The Kier molecular flexibility index (Phi) is 6.48. The number of fused-ring (bicyclic) bond motifs is 2.